The van der Waals surface area contributed by atoms with Crippen molar-refractivity contribution in [1.29, 1.82) is 0 Å². The average Bonchev–Trinajstić information content (AvgIpc) is 2.82. The largest absolute Gasteiger partial charge is 0.478 e. The minimum atomic E-state index is -1.49. The van der Waals surface area contributed by atoms with Crippen molar-refractivity contribution >= 4 is 52.2 Å². The number of ketones is 1. The number of hydrogen-bond acceptors (Lipinski definition) is 4. The summed E-state index contributed by atoms with van der Waals surface area (Å²) in [4.78, 5) is 24.2. The average molecular weight is 390 g/mol. The number of carboxylic acids is 1. The Morgan fingerprint density at radius 3 is 2.42 bits per heavy atom. The van der Waals surface area contributed by atoms with E-state index >= 15 is 0 Å². The Balaban J connectivity index is 2.57. The third-order valence-electron chi connectivity index (χ3n) is 4.15. The molecule has 0 saturated heterocycles. The van der Waals surface area contributed by atoms with Gasteiger partial charge in [-0.2, -0.15) is 0 Å². The molecule has 0 fully saturated rings. The molecule has 0 radical (unpaired) electrons. The zero-order valence-corrected chi connectivity index (χ0v) is 15.7. The van der Waals surface area contributed by atoms with Crippen LogP contribution in [-0.2, 0) is 11.2 Å². The van der Waals surface area contributed by atoms with Crippen LogP contribution >= 0.6 is 35.4 Å². The summed E-state index contributed by atoms with van der Waals surface area (Å²) < 4.78 is 5.77. The van der Waals surface area contributed by atoms with Crippen LogP contribution in [-0.4, -0.2) is 27.4 Å². The van der Waals surface area contributed by atoms with Crippen molar-refractivity contribution in [2.45, 2.75) is 39.2 Å². The van der Waals surface area contributed by atoms with E-state index in [9.17, 15) is 14.7 Å². The SMILES string of the molecule is CC(C)(C)C1(C(=O)O)Cc2cc(C(=O)CC(N)=S)c(Cl)c(Cl)c2O1. The van der Waals surface area contributed by atoms with Crippen LogP contribution in [0.2, 0.25) is 10.0 Å². The molecule has 1 aromatic rings. The molecule has 0 saturated carbocycles. The maximum absolute atomic E-state index is 12.3. The first-order valence-electron chi connectivity index (χ1n) is 7.15. The summed E-state index contributed by atoms with van der Waals surface area (Å²) in [5.41, 5.74) is 3.88. The van der Waals surface area contributed by atoms with Gasteiger partial charge in [-0.1, -0.05) is 56.2 Å². The van der Waals surface area contributed by atoms with Crippen molar-refractivity contribution in [2.24, 2.45) is 11.1 Å². The second kappa shape index (κ2) is 6.17. The maximum Gasteiger partial charge on any atom is 0.348 e. The summed E-state index contributed by atoms with van der Waals surface area (Å²) in [5, 5.41) is 9.75. The van der Waals surface area contributed by atoms with E-state index in [1.54, 1.807) is 20.8 Å². The first kappa shape index (κ1) is 19.0. The van der Waals surface area contributed by atoms with Crippen LogP contribution in [0.4, 0.5) is 0 Å². The Labute approximate surface area is 155 Å². The summed E-state index contributed by atoms with van der Waals surface area (Å²) in [6, 6.07) is 1.51. The quantitative estimate of drug-likeness (QED) is 0.603. The van der Waals surface area contributed by atoms with Gasteiger partial charge in [-0.25, -0.2) is 4.79 Å². The fourth-order valence-electron chi connectivity index (χ4n) is 2.70. The highest BCUT2D eigenvalue weighted by molar-refractivity contribution is 7.80. The van der Waals surface area contributed by atoms with Crippen molar-refractivity contribution in [3.05, 3.63) is 27.2 Å². The topological polar surface area (TPSA) is 89.6 Å². The number of thiocarbonyl (C=S) groups is 1. The predicted molar refractivity (Wildman–Crippen MR) is 96.3 cm³/mol. The van der Waals surface area contributed by atoms with Crippen LogP contribution in [0.3, 0.4) is 0 Å². The van der Waals surface area contributed by atoms with E-state index in [-0.39, 0.29) is 45.0 Å². The second-order valence-electron chi connectivity index (χ2n) is 6.77. The highest BCUT2D eigenvalue weighted by atomic mass is 35.5. The number of nitrogens with two attached hydrogens (primary N) is 1. The Hall–Kier alpha value is -1.37. The summed E-state index contributed by atoms with van der Waals surface area (Å²) in [6.45, 7) is 5.30. The number of fused-ring (bicyclic) bond motifs is 1. The van der Waals surface area contributed by atoms with Crippen LogP contribution in [0.5, 0.6) is 5.75 Å². The van der Waals surface area contributed by atoms with Crippen LogP contribution in [0.25, 0.3) is 0 Å². The molecule has 1 heterocycles. The standard InChI is InChI=1S/C16H17Cl2NO4S/c1-15(2,3)16(14(21)22)6-7-4-8(9(20)5-10(19)24)11(17)12(18)13(7)23-16/h4H,5-6H2,1-3H3,(H2,19,24)(H,21,22). The van der Waals surface area contributed by atoms with Crippen LogP contribution in [0.15, 0.2) is 6.07 Å². The van der Waals surface area contributed by atoms with Crippen molar-refractivity contribution in [1.82, 2.24) is 0 Å². The summed E-state index contributed by atoms with van der Waals surface area (Å²) in [5.74, 6) is -1.28. The normalized spacial score (nSPS) is 19.5. The molecule has 0 spiro atoms. The molecule has 1 unspecified atom stereocenters. The number of carbonyl (C=O) groups excluding carboxylic acids is 1. The van der Waals surface area contributed by atoms with E-state index in [1.807, 2.05) is 0 Å². The predicted octanol–water partition coefficient (Wildman–Crippen LogP) is 3.66. The molecule has 5 nitrogen and oxygen atoms in total. The van der Waals surface area contributed by atoms with E-state index in [1.165, 1.54) is 6.07 Å². The monoisotopic (exact) mass is 389 g/mol. The number of carbonyl (C=O) groups is 2. The summed E-state index contributed by atoms with van der Waals surface area (Å²) >= 11 is 17.2. The van der Waals surface area contributed by atoms with Crippen LogP contribution in [0, 0.1) is 5.41 Å². The Bertz CT molecular complexity index is 757. The van der Waals surface area contributed by atoms with E-state index in [0.29, 0.717) is 5.56 Å². The van der Waals surface area contributed by atoms with E-state index in [2.05, 4.69) is 0 Å². The molecule has 24 heavy (non-hydrogen) atoms. The Kier molecular flexibility index (Phi) is 4.87. The van der Waals surface area contributed by atoms with Gasteiger partial charge in [-0.05, 0) is 6.07 Å². The van der Waals surface area contributed by atoms with E-state index in [0.717, 1.165) is 0 Å². The van der Waals surface area contributed by atoms with Gasteiger partial charge in [-0.3, -0.25) is 4.79 Å². The van der Waals surface area contributed by atoms with Crippen molar-refractivity contribution in [3.8, 4) is 5.75 Å². The van der Waals surface area contributed by atoms with Gasteiger partial charge in [0.15, 0.2) is 5.78 Å². The molecule has 8 heteroatoms. The van der Waals surface area contributed by atoms with E-state index < -0.39 is 17.0 Å². The molecule has 1 aliphatic heterocycles. The van der Waals surface area contributed by atoms with Crippen molar-refractivity contribution in [3.63, 3.8) is 0 Å². The Morgan fingerprint density at radius 2 is 1.96 bits per heavy atom. The number of carboxylic acid groups (broad SMARTS) is 1. The molecule has 1 aliphatic rings. The molecular weight excluding hydrogens is 373 g/mol. The molecule has 3 N–H and O–H groups in total. The number of ether oxygens (including phenoxy) is 1. The van der Waals surface area contributed by atoms with Gasteiger partial charge >= 0.3 is 5.97 Å². The molecule has 1 atom stereocenters. The third-order valence-corrected chi connectivity index (χ3v) is 5.14. The lowest BCUT2D eigenvalue weighted by molar-refractivity contribution is -0.163. The minimum Gasteiger partial charge on any atom is -0.478 e. The number of hydrogen-bond donors (Lipinski definition) is 2. The van der Waals surface area contributed by atoms with Gasteiger partial charge in [0, 0.05) is 23.0 Å². The number of halogens is 2. The van der Waals surface area contributed by atoms with Gasteiger partial charge in [0.2, 0.25) is 5.60 Å². The van der Waals surface area contributed by atoms with Gasteiger partial charge in [0.1, 0.15) is 10.8 Å². The Morgan fingerprint density at radius 1 is 1.38 bits per heavy atom. The van der Waals surface area contributed by atoms with Crippen molar-refractivity contribution < 1.29 is 19.4 Å². The van der Waals surface area contributed by atoms with Gasteiger partial charge < -0.3 is 15.6 Å². The van der Waals surface area contributed by atoms with Gasteiger partial charge in [0.25, 0.3) is 0 Å². The molecule has 0 aromatic heterocycles. The van der Waals surface area contributed by atoms with E-state index in [4.69, 9.17) is 45.9 Å². The second-order valence-corrected chi connectivity index (χ2v) is 8.05. The number of benzene rings is 1. The first-order chi connectivity index (χ1) is 10.9. The van der Waals surface area contributed by atoms with Gasteiger partial charge in [0.05, 0.1) is 16.4 Å². The summed E-state index contributed by atoms with van der Waals surface area (Å²) in [7, 11) is 0. The number of aliphatic carboxylic acids is 1. The lowest BCUT2D eigenvalue weighted by Crippen LogP contribution is -2.54. The fourth-order valence-corrected chi connectivity index (χ4v) is 3.34. The molecular formula is C16H17Cl2NO4S. The third kappa shape index (κ3) is 2.98. The molecule has 0 bridgehead atoms. The molecule has 1 aromatic carbocycles. The first-order valence-corrected chi connectivity index (χ1v) is 8.32. The highest BCUT2D eigenvalue weighted by Gasteiger charge is 2.56. The lowest BCUT2D eigenvalue weighted by atomic mass is 9.74. The molecule has 0 amide bonds. The smallest absolute Gasteiger partial charge is 0.348 e. The van der Waals surface area contributed by atoms with Crippen LogP contribution in [0.1, 0.15) is 43.1 Å². The number of Topliss-reactive ketones (excluding diaryl/α,β-unsaturated/α-hetero) is 1. The molecule has 0 aliphatic carbocycles. The minimum absolute atomic E-state index is 0.00626. The highest BCUT2D eigenvalue weighted by Crippen LogP contribution is 2.50. The van der Waals surface area contributed by atoms with Crippen LogP contribution < -0.4 is 10.5 Å². The lowest BCUT2D eigenvalue weighted by Gasteiger charge is -2.36. The summed E-state index contributed by atoms with van der Waals surface area (Å²) in [6.07, 6.45) is -0.0697. The zero-order chi connectivity index (χ0) is 18.4. The molecule has 130 valence electrons. The van der Waals surface area contributed by atoms with Gasteiger partial charge in [-0.15, -0.1) is 0 Å². The zero-order valence-electron chi connectivity index (χ0n) is 13.4. The maximum atomic E-state index is 12.3. The molecule has 2 rings (SSSR count). The fraction of sp³-hybridized carbons (Fsp3) is 0.438. The number of rotatable bonds is 4. The van der Waals surface area contributed by atoms with Crippen molar-refractivity contribution in [2.75, 3.05) is 0 Å².